The number of carbonyl (C=O) groups excluding carboxylic acids is 2. The van der Waals surface area contributed by atoms with Crippen molar-refractivity contribution in [3.63, 3.8) is 0 Å². The van der Waals surface area contributed by atoms with Gasteiger partial charge in [0.25, 0.3) is 5.91 Å². The number of anilines is 1. The number of nitrogens with zero attached hydrogens (tertiary/aromatic N) is 1. The highest BCUT2D eigenvalue weighted by molar-refractivity contribution is 6.22. The third kappa shape index (κ3) is 2.98. The minimum atomic E-state index is -0.419. The molecule has 0 bridgehead atoms. The largest absolute Gasteiger partial charge is 0.302 e. The second-order valence-electron chi connectivity index (χ2n) is 6.88. The highest BCUT2D eigenvalue weighted by atomic mass is 16.2. The smallest absolute Gasteiger partial charge is 0.251 e. The standard InChI is InChI=1S/C21H22N2O2/c1-2-14-7-9-18(10-8-14)23-20(24)13-19(21(23)25)22-17-11-15-5-3-4-6-16(15)12-17/h3-10,17,19,22H,2,11-13H2,1H3. The second kappa shape index (κ2) is 6.45. The maximum atomic E-state index is 12.8. The highest BCUT2D eigenvalue weighted by Crippen LogP contribution is 2.26. The lowest BCUT2D eigenvalue weighted by Gasteiger charge is -2.18. The Labute approximate surface area is 147 Å². The van der Waals surface area contributed by atoms with Gasteiger partial charge in [-0.05, 0) is 48.1 Å². The van der Waals surface area contributed by atoms with Gasteiger partial charge in [0.2, 0.25) is 5.91 Å². The quantitative estimate of drug-likeness (QED) is 0.875. The van der Waals surface area contributed by atoms with E-state index < -0.39 is 6.04 Å². The van der Waals surface area contributed by atoms with Crippen LogP contribution in [0.4, 0.5) is 5.69 Å². The van der Waals surface area contributed by atoms with Crippen molar-refractivity contribution < 1.29 is 9.59 Å². The number of aryl methyl sites for hydroxylation is 1. The van der Waals surface area contributed by atoms with Crippen LogP contribution in [-0.4, -0.2) is 23.9 Å². The van der Waals surface area contributed by atoms with Crippen LogP contribution in [0.1, 0.15) is 30.0 Å². The minimum absolute atomic E-state index is 0.123. The van der Waals surface area contributed by atoms with E-state index in [1.165, 1.54) is 21.6 Å². The van der Waals surface area contributed by atoms with Crippen molar-refractivity contribution in [3.8, 4) is 0 Å². The Morgan fingerprint density at radius 2 is 1.60 bits per heavy atom. The Morgan fingerprint density at radius 3 is 2.20 bits per heavy atom. The van der Waals surface area contributed by atoms with Crippen molar-refractivity contribution in [1.82, 2.24) is 5.32 Å². The van der Waals surface area contributed by atoms with E-state index >= 15 is 0 Å². The molecule has 1 fully saturated rings. The van der Waals surface area contributed by atoms with E-state index in [-0.39, 0.29) is 24.3 Å². The van der Waals surface area contributed by atoms with Gasteiger partial charge in [0.15, 0.2) is 0 Å². The molecule has 1 saturated heterocycles. The number of hydrogen-bond donors (Lipinski definition) is 1. The van der Waals surface area contributed by atoms with E-state index in [0.29, 0.717) is 5.69 Å². The summed E-state index contributed by atoms with van der Waals surface area (Å²) in [5.41, 5.74) is 4.54. The molecular formula is C21H22N2O2. The molecule has 128 valence electrons. The normalized spacial score (nSPS) is 20.4. The van der Waals surface area contributed by atoms with E-state index in [1.54, 1.807) is 0 Å². The summed E-state index contributed by atoms with van der Waals surface area (Å²) >= 11 is 0. The predicted molar refractivity (Wildman–Crippen MR) is 97.5 cm³/mol. The van der Waals surface area contributed by atoms with Gasteiger partial charge >= 0.3 is 0 Å². The molecule has 0 spiro atoms. The van der Waals surface area contributed by atoms with Crippen molar-refractivity contribution >= 4 is 17.5 Å². The van der Waals surface area contributed by atoms with Crippen molar-refractivity contribution in [1.29, 1.82) is 0 Å². The number of amides is 2. The van der Waals surface area contributed by atoms with Gasteiger partial charge in [-0.3, -0.25) is 9.59 Å². The molecule has 2 aromatic rings. The predicted octanol–water partition coefficient (Wildman–Crippen LogP) is 2.64. The summed E-state index contributed by atoms with van der Waals surface area (Å²) < 4.78 is 0. The Bertz CT molecular complexity index is 788. The maximum Gasteiger partial charge on any atom is 0.251 e. The fourth-order valence-corrected chi connectivity index (χ4v) is 3.88. The van der Waals surface area contributed by atoms with Crippen LogP contribution in [0.3, 0.4) is 0 Å². The molecule has 1 heterocycles. The molecule has 0 aromatic heterocycles. The van der Waals surface area contributed by atoms with Crippen LogP contribution in [0.25, 0.3) is 0 Å². The number of fused-ring (bicyclic) bond motifs is 1. The third-order valence-electron chi connectivity index (χ3n) is 5.24. The van der Waals surface area contributed by atoms with Crippen molar-refractivity contribution in [3.05, 3.63) is 65.2 Å². The molecular weight excluding hydrogens is 312 g/mol. The summed E-state index contributed by atoms with van der Waals surface area (Å²) in [6.45, 7) is 2.08. The molecule has 25 heavy (non-hydrogen) atoms. The van der Waals surface area contributed by atoms with Crippen LogP contribution in [0.5, 0.6) is 0 Å². The zero-order chi connectivity index (χ0) is 17.4. The average Bonchev–Trinajstić information content (AvgIpc) is 3.15. The fraction of sp³-hybridized carbons (Fsp3) is 0.333. The SMILES string of the molecule is CCc1ccc(N2C(=O)CC(NC3Cc4ccccc4C3)C2=O)cc1. The number of carbonyl (C=O) groups is 2. The minimum Gasteiger partial charge on any atom is -0.302 e. The monoisotopic (exact) mass is 334 g/mol. The lowest BCUT2D eigenvalue weighted by atomic mass is 10.1. The number of hydrogen-bond acceptors (Lipinski definition) is 3. The van der Waals surface area contributed by atoms with Gasteiger partial charge in [-0.25, -0.2) is 4.90 Å². The van der Waals surface area contributed by atoms with Gasteiger partial charge < -0.3 is 5.32 Å². The molecule has 1 aliphatic carbocycles. The Balaban J connectivity index is 1.46. The van der Waals surface area contributed by atoms with Gasteiger partial charge in [-0.2, -0.15) is 0 Å². The van der Waals surface area contributed by atoms with Crippen LogP contribution < -0.4 is 10.2 Å². The first-order valence-corrected chi connectivity index (χ1v) is 8.94. The Morgan fingerprint density at radius 1 is 0.960 bits per heavy atom. The maximum absolute atomic E-state index is 12.8. The lowest BCUT2D eigenvalue weighted by Crippen LogP contribution is -2.44. The van der Waals surface area contributed by atoms with Crippen LogP contribution in [0.15, 0.2) is 48.5 Å². The number of nitrogens with one attached hydrogen (secondary N) is 1. The summed E-state index contributed by atoms with van der Waals surface area (Å²) in [6.07, 6.45) is 3.01. The van der Waals surface area contributed by atoms with Crippen LogP contribution >= 0.6 is 0 Å². The summed E-state index contributed by atoms with van der Waals surface area (Å²) in [6, 6.07) is 15.9. The van der Waals surface area contributed by atoms with E-state index in [2.05, 4.69) is 24.4 Å². The van der Waals surface area contributed by atoms with Crippen LogP contribution in [0, 0.1) is 0 Å². The molecule has 1 atom stereocenters. The van der Waals surface area contributed by atoms with Gasteiger partial charge in [0.1, 0.15) is 0 Å². The van der Waals surface area contributed by atoms with E-state index in [9.17, 15) is 9.59 Å². The summed E-state index contributed by atoms with van der Waals surface area (Å²) in [5.74, 6) is -0.257. The first-order valence-electron chi connectivity index (χ1n) is 8.94. The molecule has 1 aliphatic heterocycles. The van der Waals surface area contributed by atoms with Gasteiger partial charge in [-0.1, -0.05) is 43.3 Å². The van der Waals surface area contributed by atoms with Gasteiger partial charge in [-0.15, -0.1) is 0 Å². The van der Waals surface area contributed by atoms with E-state index in [1.807, 2.05) is 36.4 Å². The molecule has 0 saturated carbocycles. The summed E-state index contributed by atoms with van der Waals surface area (Å²) in [7, 11) is 0. The second-order valence-corrected chi connectivity index (χ2v) is 6.88. The highest BCUT2D eigenvalue weighted by Gasteiger charge is 2.40. The molecule has 0 radical (unpaired) electrons. The third-order valence-corrected chi connectivity index (χ3v) is 5.24. The molecule has 4 rings (SSSR count). The lowest BCUT2D eigenvalue weighted by molar-refractivity contribution is -0.121. The topological polar surface area (TPSA) is 49.4 Å². The molecule has 2 amide bonds. The zero-order valence-corrected chi connectivity index (χ0v) is 14.4. The zero-order valence-electron chi connectivity index (χ0n) is 14.4. The Kier molecular flexibility index (Phi) is 4.14. The molecule has 4 nitrogen and oxygen atoms in total. The number of benzene rings is 2. The Hall–Kier alpha value is -2.46. The molecule has 2 aromatic carbocycles. The molecule has 4 heteroatoms. The van der Waals surface area contributed by atoms with Gasteiger partial charge in [0, 0.05) is 6.04 Å². The van der Waals surface area contributed by atoms with Gasteiger partial charge in [0.05, 0.1) is 18.2 Å². The number of imide groups is 1. The fourth-order valence-electron chi connectivity index (χ4n) is 3.88. The van der Waals surface area contributed by atoms with E-state index in [0.717, 1.165) is 19.3 Å². The summed E-state index contributed by atoms with van der Waals surface area (Å²) in [4.78, 5) is 26.5. The summed E-state index contributed by atoms with van der Waals surface area (Å²) in [5, 5.41) is 3.42. The van der Waals surface area contributed by atoms with Crippen molar-refractivity contribution in [2.75, 3.05) is 4.90 Å². The van der Waals surface area contributed by atoms with Crippen LogP contribution in [-0.2, 0) is 28.9 Å². The molecule has 1 N–H and O–H groups in total. The van der Waals surface area contributed by atoms with E-state index in [4.69, 9.17) is 0 Å². The molecule has 1 unspecified atom stereocenters. The molecule has 2 aliphatic rings. The van der Waals surface area contributed by atoms with Crippen molar-refractivity contribution in [2.45, 2.75) is 44.7 Å². The number of rotatable bonds is 4. The first-order chi connectivity index (χ1) is 12.2. The first kappa shape index (κ1) is 16.0. The average molecular weight is 334 g/mol. The van der Waals surface area contributed by atoms with Crippen LogP contribution in [0.2, 0.25) is 0 Å². The van der Waals surface area contributed by atoms with Crippen molar-refractivity contribution in [2.24, 2.45) is 0 Å².